The van der Waals surface area contributed by atoms with Gasteiger partial charge in [-0.2, -0.15) is 0 Å². The van der Waals surface area contributed by atoms with Crippen molar-refractivity contribution in [1.29, 1.82) is 0 Å². The molecule has 1 amide bonds. The molecule has 1 aliphatic rings. The average molecular weight is 353 g/mol. The molecular formula is C17H27N3O3S. The number of hydrogen-bond donors (Lipinski definition) is 1. The second-order valence-electron chi connectivity index (χ2n) is 6.32. The van der Waals surface area contributed by atoms with E-state index in [4.69, 9.17) is 0 Å². The number of amides is 1. The van der Waals surface area contributed by atoms with Crippen molar-refractivity contribution in [1.82, 2.24) is 14.5 Å². The summed E-state index contributed by atoms with van der Waals surface area (Å²) in [7, 11) is -0.488. The molecule has 2 rings (SSSR count). The van der Waals surface area contributed by atoms with Gasteiger partial charge in [-0.1, -0.05) is 6.42 Å². The summed E-state index contributed by atoms with van der Waals surface area (Å²) >= 11 is 0. The number of sulfonamides is 1. The summed E-state index contributed by atoms with van der Waals surface area (Å²) < 4.78 is 25.1. The lowest BCUT2D eigenvalue weighted by molar-refractivity contribution is 0.0951. The van der Waals surface area contributed by atoms with Crippen LogP contribution in [-0.2, 0) is 10.0 Å². The summed E-state index contributed by atoms with van der Waals surface area (Å²) in [5.41, 5.74) is 0.477. The molecule has 0 unspecified atom stereocenters. The molecule has 1 aliphatic heterocycles. The lowest BCUT2D eigenvalue weighted by Crippen LogP contribution is -2.33. The summed E-state index contributed by atoms with van der Waals surface area (Å²) in [6.07, 6.45) is 4.80. The SMILES string of the molecule is CN(C)S(=O)(=O)c1ccc(C(=O)NCCCN2CCCCC2)cc1. The molecule has 0 radical (unpaired) electrons. The van der Waals surface area contributed by atoms with E-state index in [1.165, 1.54) is 45.5 Å². The monoisotopic (exact) mass is 353 g/mol. The summed E-state index contributed by atoms with van der Waals surface area (Å²) in [5.74, 6) is -0.164. The summed E-state index contributed by atoms with van der Waals surface area (Å²) in [5, 5.41) is 2.89. The Balaban J connectivity index is 1.80. The summed E-state index contributed by atoms with van der Waals surface area (Å²) in [6.45, 7) is 3.97. The van der Waals surface area contributed by atoms with Crippen LogP contribution in [0.2, 0.25) is 0 Å². The molecule has 0 saturated carbocycles. The van der Waals surface area contributed by atoms with Crippen LogP contribution in [0.4, 0.5) is 0 Å². The normalized spacial score (nSPS) is 16.3. The van der Waals surface area contributed by atoms with Crippen molar-refractivity contribution in [2.75, 3.05) is 40.3 Å². The predicted octanol–water partition coefficient (Wildman–Crippen LogP) is 1.54. The van der Waals surface area contributed by atoms with Gasteiger partial charge in [0, 0.05) is 26.2 Å². The second kappa shape index (κ2) is 8.60. The van der Waals surface area contributed by atoms with Gasteiger partial charge in [0.05, 0.1) is 4.90 Å². The Bertz CT molecular complexity index is 636. The van der Waals surface area contributed by atoms with Gasteiger partial charge in [0.15, 0.2) is 0 Å². The third-order valence-corrected chi connectivity index (χ3v) is 6.11. The molecule has 1 aromatic carbocycles. The summed E-state index contributed by atoms with van der Waals surface area (Å²) in [6, 6.07) is 6.04. The minimum atomic E-state index is -3.46. The molecule has 1 fully saturated rings. The molecule has 0 bridgehead atoms. The molecule has 0 aromatic heterocycles. The Morgan fingerprint density at radius 3 is 2.33 bits per heavy atom. The van der Waals surface area contributed by atoms with Crippen LogP contribution in [0.1, 0.15) is 36.0 Å². The maximum absolute atomic E-state index is 12.1. The first-order valence-corrected chi connectivity index (χ1v) is 9.88. The zero-order valence-electron chi connectivity index (χ0n) is 14.5. The van der Waals surface area contributed by atoms with E-state index in [-0.39, 0.29) is 10.8 Å². The van der Waals surface area contributed by atoms with Gasteiger partial charge in [0.2, 0.25) is 10.0 Å². The number of likely N-dealkylation sites (tertiary alicyclic amines) is 1. The molecule has 0 spiro atoms. The van der Waals surface area contributed by atoms with Crippen LogP contribution in [-0.4, -0.2) is 63.8 Å². The number of benzene rings is 1. The van der Waals surface area contributed by atoms with Crippen molar-refractivity contribution >= 4 is 15.9 Å². The van der Waals surface area contributed by atoms with Crippen LogP contribution in [0, 0.1) is 0 Å². The zero-order valence-corrected chi connectivity index (χ0v) is 15.3. The van der Waals surface area contributed by atoms with Gasteiger partial charge < -0.3 is 10.2 Å². The van der Waals surface area contributed by atoms with E-state index in [1.807, 2.05) is 0 Å². The first-order chi connectivity index (χ1) is 11.4. The number of hydrogen-bond acceptors (Lipinski definition) is 4. The Morgan fingerprint density at radius 1 is 1.12 bits per heavy atom. The van der Waals surface area contributed by atoms with Gasteiger partial charge in [-0.25, -0.2) is 12.7 Å². The Kier molecular flexibility index (Phi) is 6.77. The van der Waals surface area contributed by atoms with Crippen molar-refractivity contribution in [2.24, 2.45) is 0 Å². The molecule has 6 nitrogen and oxygen atoms in total. The highest BCUT2D eigenvalue weighted by Crippen LogP contribution is 2.14. The van der Waals surface area contributed by atoms with E-state index in [0.29, 0.717) is 12.1 Å². The molecule has 1 aromatic rings. The molecule has 7 heteroatoms. The highest BCUT2D eigenvalue weighted by atomic mass is 32.2. The van der Waals surface area contributed by atoms with Crippen molar-refractivity contribution < 1.29 is 13.2 Å². The van der Waals surface area contributed by atoms with Crippen LogP contribution in [0.5, 0.6) is 0 Å². The van der Waals surface area contributed by atoms with Crippen molar-refractivity contribution in [2.45, 2.75) is 30.6 Å². The first kappa shape index (κ1) is 18.9. The molecule has 24 heavy (non-hydrogen) atoms. The molecule has 1 saturated heterocycles. The molecule has 1 heterocycles. The quantitative estimate of drug-likeness (QED) is 0.755. The molecule has 134 valence electrons. The fraction of sp³-hybridized carbons (Fsp3) is 0.588. The highest BCUT2D eigenvalue weighted by Gasteiger charge is 2.17. The Morgan fingerprint density at radius 2 is 1.75 bits per heavy atom. The van der Waals surface area contributed by atoms with Gasteiger partial charge >= 0.3 is 0 Å². The smallest absolute Gasteiger partial charge is 0.251 e. The fourth-order valence-electron chi connectivity index (χ4n) is 2.78. The van der Waals surface area contributed by atoms with Crippen LogP contribution in [0.15, 0.2) is 29.2 Å². The number of rotatable bonds is 7. The Hall–Kier alpha value is -1.44. The van der Waals surface area contributed by atoms with Gasteiger partial charge in [-0.15, -0.1) is 0 Å². The largest absolute Gasteiger partial charge is 0.352 e. The fourth-order valence-corrected chi connectivity index (χ4v) is 3.68. The van der Waals surface area contributed by atoms with E-state index in [2.05, 4.69) is 10.2 Å². The maximum atomic E-state index is 12.1. The van der Waals surface area contributed by atoms with E-state index in [0.717, 1.165) is 30.4 Å². The number of carbonyl (C=O) groups excluding carboxylic acids is 1. The number of nitrogens with one attached hydrogen (secondary N) is 1. The van der Waals surface area contributed by atoms with Gasteiger partial charge in [-0.05, 0) is 63.2 Å². The first-order valence-electron chi connectivity index (χ1n) is 8.44. The number of piperidine rings is 1. The van der Waals surface area contributed by atoms with Crippen LogP contribution in [0.3, 0.4) is 0 Å². The van der Waals surface area contributed by atoms with Crippen LogP contribution in [0.25, 0.3) is 0 Å². The van der Waals surface area contributed by atoms with E-state index in [1.54, 1.807) is 12.1 Å². The van der Waals surface area contributed by atoms with E-state index in [9.17, 15) is 13.2 Å². The third kappa shape index (κ3) is 5.03. The maximum Gasteiger partial charge on any atom is 0.251 e. The molecular weight excluding hydrogens is 326 g/mol. The molecule has 1 N–H and O–H groups in total. The number of nitrogens with zero attached hydrogens (tertiary/aromatic N) is 2. The van der Waals surface area contributed by atoms with Crippen LogP contribution < -0.4 is 5.32 Å². The van der Waals surface area contributed by atoms with Crippen molar-refractivity contribution in [3.63, 3.8) is 0 Å². The van der Waals surface area contributed by atoms with Crippen molar-refractivity contribution in [3.05, 3.63) is 29.8 Å². The van der Waals surface area contributed by atoms with Gasteiger partial charge in [0.1, 0.15) is 0 Å². The average Bonchev–Trinajstić information content (AvgIpc) is 2.59. The minimum absolute atomic E-state index is 0.164. The Labute approximate surface area is 144 Å². The second-order valence-corrected chi connectivity index (χ2v) is 8.48. The van der Waals surface area contributed by atoms with E-state index < -0.39 is 10.0 Å². The predicted molar refractivity (Wildman–Crippen MR) is 94.6 cm³/mol. The lowest BCUT2D eigenvalue weighted by Gasteiger charge is -2.26. The lowest BCUT2D eigenvalue weighted by atomic mass is 10.1. The molecule has 0 aliphatic carbocycles. The minimum Gasteiger partial charge on any atom is -0.352 e. The van der Waals surface area contributed by atoms with E-state index >= 15 is 0 Å². The van der Waals surface area contributed by atoms with Crippen LogP contribution >= 0.6 is 0 Å². The zero-order chi connectivity index (χ0) is 17.6. The van der Waals surface area contributed by atoms with Gasteiger partial charge in [-0.3, -0.25) is 4.79 Å². The standard InChI is InChI=1S/C17H27N3O3S/c1-19(2)24(22,23)16-9-7-15(8-10-16)17(21)18-11-6-14-20-12-4-3-5-13-20/h7-10H,3-6,11-14H2,1-2H3,(H,18,21). The number of carbonyl (C=O) groups is 1. The highest BCUT2D eigenvalue weighted by molar-refractivity contribution is 7.89. The van der Waals surface area contributed by atoms with Gasteiger partial charge in [0.25, 0.3) is 5.91 Å². The van der Waals surface area contributed by atoms with Crippen molar-refractivity contribution in [3.8, 4) is 0 Å². The third-order valence-electron chi connectivity index (χ3n) is 4.28. The molecule has 0 atom stereocenters. The topological polar surface area (TPSA) is 69.7 Å². The summed E-state index contributed by atoms with van der Waals surface area (Å²) in [4.78, 5) is 14.7.